The maximum atomic E-state index is 13.0. The van der Waals surface area contributed by atoms with Crippen molar-refractivity contribution in [2.75, 3.05) is 0 Å². The van der Waals surface area contributed by atoms with Crippen LogP contribution in [0, 0.1) is 5.82 Å². The summed E-state index contributed by atoms with van der Waals surface area (Å²) in [7, 11) is 0. The van der Waals surface area contributed by atoms with Gasteiger partial charge in [0.05, 0.1) is 17.0 Å². The standard InChI is InChI=1S/C13H14ClFN2O2/c1-3-9(7(2)18)13-16-12(17-19-13)10-5-4-8(15)6-11(10)14/h4-7,9,18H,3H2,1-2H3. The number of aromatic nitrogens is 2. The number of aliphatic hydroxyl groups is 1. The van der Waals surface area contributed by atoms with Crippen LogP contribution in [0.15, 0.2) is 22.7 Å². The molecule has 2 atom stereocenters. The summed E-state index contributed by atoms with van der Waals surface area (Å²) >= 11 is 5.94. The van der Waals surface area contributed by atoms with Crippen LogP contribution in [-0.4, -0.2) is 21.4 Å². The average Bonchev–Trinajstić information content (AvgIpc) is 2.78. The Kier molecular flexibility index (Phi) is 4.17. The predicted octanol–water partition coefficient (Wildman–Crippen LogP) is 3.40. The first kappa shape index (κ1) is 14.0. The van der Waals surface area contributed by atoms with E-state index >= 15 is 0 Å². The van der Waals surface area contributed by atoms with Gasteiger partial charge in [-0.05, 0) is 31.5 Å². The molecule has 0 bridgehead atoms. The lowest BCUT2D eigenvalue weighted by Gasteiger charge is -2.12. The Hall–Kier alpha value is -1.46. The first-order chi connectivity index (χ1) is 9.02. The summed E-state index contributed by atoms with van der Waals surface area (Å²) in [6.45, 7) is 3.59. The zero-order valence-electron chi connectivity index (χ0n) is 10.6. The Morgan fingerprint density at radius 2 is 2.21 bits per heavy atom. The van der Waals surface area contributed by atoms with Gasteiger partial charge >= 0.3 is 0 Å². The van der Waals surface area contributed by atoms with Gasteiger partial charge in [0, 0.05) is 5.56 Å². The van der Waals surface area contributed by atoms with E-state index in [4.69, 9.17) is 16.1 Å². The average molecular weight is 285 g/mol. The minimum Gasteiger partial charge on any atom is -0.393 e. The molecule has 0 amide bonds. The maximum Gasteiger partial charge on any atom is 0.232 e. The smallest absolute Gasteiger partial charge is 0.232 e. The van der Waals surface area contributed by atoms with Crippen molar-refractivity contribution in [3.8, 4) is 11.4 Å². The van der Waals surface area contributed by atoms with E-state index in [0.29, 0.717) is 23.7 Å². The van der Waals surface area contributed by atoms with Crippen molar-refractivity contribution in [2.45, 2.75) is 32.3 Å². The van der Waals surface area contributed by atoms with E-state index in [-0.39, 0.29) is 10.9 Å². The Bertz CT molecular complexity index is 572. The minimum absolute atomic E-state index is 0.220. The fourth-order valence-corrected chi connectivity index (χ4v) is 2.14. The van der Waals surface area contributed by atoms with E-state index in [1.165, 1.54) is 18.2 Å². The number of halogens is 2. The van der Waals surface area contributed by atoms with Gasteiger partial charge < -0.3 is 9.63 Å². The molecule has 0 aliphatic carbocycles. The molecular formula is C13H14ClFN2O2. The van der Waals surface area contributed by atoms with Crippen molar-refractivity contribution in [2.24, 2.45) is 0 Å². The molecule has 1 N–H and O–H groups in total. The van der Waals surface area contributed by atoms with E-state index in [1.807, 2.05) is 6.92 Å². The van der Waals surface area contributed by atoms with Crippen LogP contribution < -0.4 is 0 Å². The molecular weight excluding hydrogens is 271 g/mol. The van der Waals surface area contributed by atoms with Crippen molar-refractivity contribution in [3.05, 3.63) is 34.9 Å². The molecule has 0 aliphatic heterocycles. The van der Waals surface area contributed by atoms with Crippen LogP contribution in [-0.2, 0) is 0 Å². The maximum absolute atomic E-state index is 13.0. The van der Waals surface area contributed by atoms with Crippen molar-refractivity contribution in [1.29, 1.82) is 0 Å². The van der Waals surface area contributed by atoms with Crippen molar-refractivity contribution in [3.63, 3.8) is 0 Å². The number of hydrogen-bond acceptors (Lipinski definition) is 4. The molecule has 1 aromatic carbocycles. The van der Waals surface area contributed by atoms with E-state index < -0.39 is 11.9 Å². The molecule has 0 radical (unpaired) electrons. The number of nitrogens with zero attached hydrogens (tertiary/aromatic N) is 2. The summed E-state index contributed by atoms with van der Waals surface area (Å²) in [6.07, 6.45) is 0.0955. The Morgan fingerprint density at radius 1 is 1.47 bits per heavy atom. The minimum atomic E-state index is -0.581. The van der Waals surface area contributed by atoms with Crippen LogP contribution in [0.3, 0.4) is 0 Å². The third-order valence-electron chi connectivity index (χ3n) is 2.95. The normalized spacial score (nSPS) is 14.4. The van der Waals surface area contributed by atoms with Crippen LogP contribution in [0.5, 0.6) is 0 Å². The van der Waals surface area contributed by atoms with Gasteiger partial charge in [0.15, 0.2) is 0 Å². The highest BCUT2D eigenvalue weighted by atomic mass is 35.5. The molecule has 1 heterocycles. The summed E-state index contributed by atoms with van der Waals surface area (Å²) in [6, 6.07) is 3.97. The van der Waals surface area contributed by atoms with E-state index in [1.54, 1.807) is 6.92 Å². The zero-order valence-corrected chi connectivity index (χ0v) is 11.4. The molecule has 2 rings (SSSR count). The van der Waals surface area contributed by atoms with Gasteiger partial charge in [0.2, 0.25) is 11.7 Å². The molecule has 6 heteroatoms. The monoisotopic (exact) mass is 284 g/mol. The molecule has 2 unspecified atom stereocenters. The third-order valence-corrected chi connectivity index (χ3v) is 3.27. The molecule has 0 spiro atoms. The van der Waals surface area contributed by atoms with Crippen LogP contribution in [0.4, 0.5) is 4.39 Å². The molecule has 0 aliphatic rings. The number of aliphatic hydroxyl groups excluding tert-OH is 1. The van der Waals surface area contributed by atoms with Gasteiger partial charge in [-0.1, -0.05) is 23.7 Å². The molecule has 2 aromatic rings. The van der Waals surface area contributed by atoms with Crippen LogP contribution in [0.2, 0.25) is 5.02 Å². The highest BCUT2D eigenvalue weighted by Gasteiger charge is 2.23. The largest absolute Gasteiger partial charge is 0.393 e. The van der Waals surface area contributed by atoms with Crippen LogP contribution >= 0.6 is 11.6 Å². The van der Waals surface area contributed by atoms with Crippen LogP contribution in [0.1, 0.15) is 32.1 Å². The van der Waals surface area contributed by atoms with Gasteiger partial charge in [-0.15, -0.1) is 0 Å². The Balaban J connectivity index is 2.35. The molecule has 102 valence electrons. The summed E-state index contributed by atoms with van der Waals surface area (Å²) in [4.78, 5) is 4.22. The summed E-state index contributed by atoms with van der Waals surface area (Å²) in [5.74, 6) is 0.000323. The molecule has 0 fully saturated rings. The fourth-order valence-electron chi connectivity index (χ4n) is 1.89. The summed E-state index contributed by atoms with van der Waals surface area (Å²) < 4.78 is 18.1. The molecule has 1 aromatic heterocycles. The van der Waals surface area contributed by atoms with E-state index in [2.05, 4.69) is 10.1 Å². The van der Waals surface area contributed by atoms with E-state index in [0.717, 1.165) is 0 Å². The van der Waals surface area contributed by atoms with Crippen molar-refractivity contribution < 1.29 is 14.0 Å². The van der Waals surface area contributed by atoms with Crippen molar-refractivity contribution >= 4 is 11.6 Å². The van der Waals surface area contributed by atoms with Gasteiger partial charge in [-0.3, -0.25) is 0 Å². The second-order valence-corrected chi connectivity index (χ2v) is 4.74. The number of rotatable bonds is 4. The molecule has 0 saturated carbocycles. The predicted molar refractivity (Wildman–Crippen MR) is 69.4 cm³/mol. The second-order valence-electron chi connectivity index (χ2n) is 4.34. The second kappa shape index (κ2) is 5.67. The molecule has 19 heavy (non-hydrogen) atoms. The van der Waals surface area contributed by atoms with Crippen molar-refractivity contribution in [1.82, 2.24) is 10.1 Å². The zero-order chi connectivity index (χ0) is 14.0. The number of benzene rings is 1. The van der Waals surface area contributed by atoms with Crippen LogP contribution in [0.25, 0.3) is 11.4 Å². The fraction of sp³-hybridized carbons (Fsp3) is 0.385. The summed E-state index contributed by atoms with van der Waals surface area (Å²) in [5, 5.41) is 13.7. The lowest BCUT2D eigenvalue weighted by Crippen LogP contribution is -2.13. The highest BCUT2D eigenvalue weighted by molar-refractivity contribution is 6.33. The lowest BCUT2D eigenvalue weighted by atomic mass is 10.0. The first-order valence-corrected chi connectivity index (χ1v) is 6.37. The number of hydrogen-bond donors (Lipinski definition) is 1. The Morgan fingerprint density at radius 3 is 2.79 bits per heavy atom. The van der Waals surface area contributed by atoms with Gasteiger partial charge in [-0.2, -0.15) is 4.98 Å². The molecule has 4 nitrogen and oxygen atoms in total. The molecule has 0 saturated heterocycles. The summed E-state index contributed by atoms with van der Waals surface area (Å²) in [5.41, 5.74) is 0.499. The van der Waals surface area contributed by atoms with Gasteiger partial charge in [0.1, 0.15) is 5.82 Å². The lowest BCUT2D eigenvalue weighted by molar-refractivity contribution is 0.141. The third kappa shape index (κ3) is 2.93. The Labute approximate surface area is 115 Å². The van der Waals surface area contributed by atoms with Gasteiger partial charge in [-0.25, -0.2) is 4.39 Å². The highest BCUT2D eigenvalue weighted by Crippen LogP contribution is 2.29. The quantitative estimate of drug-likeness (QED) is 0.935. The van der Waals surface area contributed by atoms with E-state index in [9.17, 15) is 9.50 Å². The topological polar surface area (TPSA) is 59.2 Å². The first-order valence-electron chi connectivity index (χ1n) is 6.00. The van der Waals surface area contributed by atoms with Gasteiger partial charge in [0.25, 0.3) is 0 Å². The SMILES string of the molecule is CCC(c1nc(-c2ccc(F)cc2Cl)no1)C(C)O.